The van der Waals surface area contributed by atoms with Gasteiger partial charge >= 0.3 is 0 Å². The van der Waals surface area contributed by atoms with Crippen LogP contribution in [0.3, 0.4) is 0 Å². The molecule has 0 amide bonds. The van der Waals surface area contributed by atoms with E-state index in [4.69, 9.17) is 4.74 Å². The van der Waals surface area contributed by atoms with E-state index >= 15 is 0 Å². The van der Waals surface area contributed by atoms with Crippen molar-refractivity contribution in [3.8, 4) is 0 Å². The Kier molecular flexibility index (Phi) is 5.22. The third-order valence-corrected chi connectivity index (χ3v) is 3.47. The first-order valence-electron chi connectivity index (χ1n) is 6.57. The van der Waals surface area contributed by atoms with Crippen LogP contribution in [0.4, 0.5) is 0 Å². The van der Waals surface area contributed by atoms with Gasteiger partial charge in [-0.15, -0.1) is 0 Å². The fourth-order valence-corrected chi connectivity index (χ4v) is 2.26. The maximum atomic E-state index is 5.74. The van der Waals surface area contributed by atoms with Crippen molar-refractivity contribution in [3.05, 3.63) is 0 Å². The molecule has 96 valence electrons. The maximum Gasteiger partial charge on any atom is 0.0753 e. The van der Waals surface area contributed by atoms with Gasteiger partial charge in [0.25, 0.3) is 0 Å². The molecular weight excluding hydrogens is 200 g/mol. The lowest BCUT2D eigenvalue weighted by atomic mass is 10.0. The molecule has 16 heavy (non-hydrogen) atoms. The van der Waals surface area contributed by atoms with Gasteiger partial charge in [0.2, 0.25) is 0 Å². The summed E-state index contributed by atoms with van der Waals surface area (Å²) >= 11 is 0. The molecule has 0 aromatic rings. The molecule has 1 N–H and O–H groups in total. The Morgan fingerprint density at radius 1 is 1.38 bits per heavy atom. The molecular formula is C13H28N2O. The number of rotatable bonds is 5. The highest BCUT2D eigenvalue weighted by atomic mass is 16.5. The van der Waals surface area contributed by atoms with Gasteiger partial charge in [-0.1, -0.05) is 6.92 Å². The zero-order valence-electron chi connectivity index (χ0n) is 11.5. The number of hydrogen-bond acceptors (Lipinski definition) is 3. The first kappa shape index (κ1) is 13.9. The van der Waals surface area contributed by atoms with Crippen LogP contribution in [0.25, 0.3) is 0 Å². The van der Waals surface area contributed by atoms with E-state index in [0.717, 1.165) is 26.2 Å². The number of nitrogens with zero attached hydrogens (tertiary/aromatic N) is 1. The molecule has 1 aliphatic rings. The topological polar surface area (TPSA) is 24.5 Å². The largest absolute Gasteiger partial charge is 0.373 e. The van der Waals surface area contributed by atoms with Crippen molar-refractivity contribution >= 4 is 0 Å². The monoisotopic (exact) mass is 228 g/mol. The molecule has 2 unspecified atom stereocenters. The Morgan fingerprint density at radius 3 is 2.62 bits per heavy atom. The summed E-state index contributed by atoms with van der Waals surface area (Å²) in [7, 11) is 0. The van der Waals surface area contributed by atoms with Crippen molar-refractivity contribution in [1.29, 1.82) is 0 Å². The molecule has 2 atom stereocenters. The van der Waals surface area contributed by atoms with E-state index in [2.05, 4.69) is 44.8 Å². The molecule has 0 aliphatic carbocycles. The van der Waals surface area contributed by atoms with Crippen LogP contribution in [-0.2, 0) is 4.74 Å². The minimum absolute atomic E-state index is 0.0109. The Hall–Kier alpha value is -0.120. The zero-order chi connectivity index (χ0) is 12.2. The van der Waals surface area contributed by atoms with E-state index in [1.54, 1.807) is 0 Å². The van der Waals surface area contributed by atoms with Crippen LogP contribution in [0.15, 0.2) is 0 Å². The van der Waals surface area contributed by atoms with Crippen LogP contribution >= 0.6 is 0 Å². The number of morpholine rings is 1. The van der Waals surface area contributed by atoms with Gasteiger partial charge < -0.3 is 10.1 Å². The van der Waals surface area contributed by atoms with E-state index < -0.39 is 0 Å². The molecule has 0 radical (unpaired) electrons. The molecule has 0 saturated carbocycles. The summed E-state index contributed by atoms with van der Waals surface area (Å²) in [4.78, 5) is 2.54. The van der Waals surface area contributed by atoms with Crippen LogP contribution < -0.4 is 5.32 Å². The lowest BCUT2D eigenvalue weighted by Crippen LogP contribution is -2.56. The summed E-state index contributed by atoms with van der Waals surface area (Å²) in [6.45, 7) is 15.2. The Balaban J connectivity index is 2.43. The molecule has 1 heterocycles. The van der Waals surface area contributed by atoms with Gasteiger partial charge in [0.1, 0.15) is 0 Å². The first-order valence-corrected chi connectivity index (χ1v) is 6.57. The SMILES string of the molecule is CCCNC(C)C(C)N1CCOC(C)(C)C1. The van der Waals surface area contributed by atoms with Crippen molar-refractivity contribution < 1.29 is 4.74 Å². The summed E-state index contributed by atoms with van der Waals surface area (Å²) in [5.74, 6) is 0. The predicted octanol–water partition coefficient (Wildman–Crippen LogP) is 1.87. The average molecular weight is 228 g/mol. The van der Waals surface area contributed by atoms with Gasteiger partial charge in [0.05, 0.1) is 12.2 Å². The standard InChI is InChI=1S/C13H28N2O/c1-6-7-14-11(2)12(3)15-8-9-16-13(4,5)10-15/h11-12,14H,6-10H2,1-5H3. The Labute approximate surface area is 101 Å². The molecule has 0 bridgehead atoms. The second kappa shape index (κ2) is 5.99. The lowest BCUT2D eigenvalue weighted by Gasteiger charge is -2.43. The second-order valence-electron chi connectivity index (χ2n) is 5.56. The van der Waals surface area contributed by atoms with Crippen molar-refractivity contribution in [1.82, 2.24) is 10.2 Å². The van der Waals surface area contributed by atoms with Crippen molar-refractivity contribution in [2.24, 2.45) is 0 Å². The molecule has 1 saturated heterocycles. The summed E-state index contributed by atoms with van der Waals surface area (Å²) < 4.78 is 5.74. The fraction of sp³-hybridized carbons (Fsp3) is 1.00. The van der Waals surface area contributed by atoms with Crippen LogP contribution in [0.5, 0.6) is 0 Å². The molecule has 3 nitrogen and oxygen atoms in total. The van der Waals surface area contributed by atoms with Crippen LogP contribution in [0.1, 0.15) is 41.0 Å². The van der Waals surface area contributed by atoms with Gasteiger partial charge in [0, 0.05) is 25.2 Å². The van der Waals surface area contributed by atoms with E-state index in [1.165, 1.54) is 6.42 Å². The number of hydrogen-bond donors (Lipinski definition) is 1. The third-order valence-electron chi connectivity index (χ3n) is 3.47. The first-order chi connectivity index (χ1) is 7.46. The van der Waals surface area contributed by atoms with E-state index in [1.807, 2.05) is 0 Å². The van der Waals surface area contributed by atoms with E-state index in [9.17, 15) is 0 Å². The second-order valence-corrected chi connectivity index (χ2v) is 5.56. The summed E-state index contributed by atoms with van der Waals surface area (Å²) in [6, 6.07) is 1.13. The average Bonchev–Trinajstić information content (AvgIpc) is 2.23. The molecule has 0 spiro atoms. The Morgan fingerprint density at radius 2 is 2.06 bits per heavy atom. The maximum absolute atomic E-state index is 5.74. The van der Waals surface area contributed by atoms with Crippen molar-refractivity contribution in [3.63, 3.8) is 0 Å². The normalized spacial score (nSPS) is 25.3. The third kappa shape index (κ3) is 4.04. The van der Waals surface area contributed by atoms with E-state index in [-0.39, 0.29) is 5.60 Å². The minimum Gasteiger partial charge on any atom is -0.373 e. The molecule has 1 rings (SSSR count). The minimum atomic E-state index is 0.0109. The van der Waals surface area contributed by atoms with Gasteiger partial charge in [0.15, 0.2) is 0 Å². The quantitative estimate of drug-likeness (QED) is 0.777. The van der Waals surface area contributed by atoms with Gasteiger partial charge in [-0.2, -0.15) is 0 Å². The van der Waals surface area contributed by atoms with Crippen LogP contribution in [0.2, 0.25) is 0 Å². The number of nitrogens with one attached hydrogen (secondary N) is 1. The summed E-state index contributed by atoms with van der Waals surface area (Å²) in [6.07, 6.45) is 1.20. The van der Waals surface area contributed by atoms with Crippen LogP contribution in [0, 0.1) is 0 Å². The molecule has 3 heteroatoms. The molecule has 1 aliphatic heterocycles. The van der Waals surface area contributed by atoms with Gasteiger partial charge in [-0.25, -0.2) is 0 Å². The molecule has 0 aromatic carbocycles. The van der Waals surface area contributed by atoms with Crippen LogP contribution in [-0.4, -0.2) is 48.8 Å². The molecule has 0 aromatic heterocycles. The van der Waals surface area contributed by atoms with Crippen molar-refractivity contribution in [2.45, 2.75) is 58.7 Å². The van der Waals surface area contributed by atoms with Gasteiger partial charge in [-0.05, 0) is 40.7 Å². The lowest BCUT2D eigenvalue weighted by molar-refractivity contribution is -0.0979. The number of ether oxygens (including phenoxy) is 1. The molecule has 1 fully saturated rings. The smallest absolute Gasteiger partial charge is 0.0753 e. The highest BCUT2D eigenvalue weighted by molar-refractivity contribution is 4.85. The highest BCUT2D eigenvalue weighted by Gasteiger charge is 2.31. The summed E-state index contributed by atoms with van der Waals surface area (Å²) in [5.41, 5.74) is 0.0109. The van der Waals surface area contributed by atoms with E-state index in [0.29, 0.717) is 12.1 Å². The Bertz CT molecular complexity index is 206. The fourth-order valence-electron chi connectivity index (χ4n) is 2.26. The predicted molar refractivity (Wildman–Crippen MR) is 68.8 cm³/mol. The highest BCUT2D eigenvalue weighted by Crippen LogP contribution is 2.19. The zero-order valence-corrected chi connectivity index (χ0v) is 11.5. The van der Waals surface area contributed by atoms with Crippen molar-refractivity contribution in [2.75, 3.05) is 26.2 Å². The summed E-state index contributed by atoms with van der Waals surface area (Å²) in [5, 5.41) is 3.57. The van der Waals surface area contributed by atoms with Gasteiger partial charge in [-0.3, -0.25) is 4.90 Å².